The van der Waals surface area contributed by atoms with Gasteiger partial charge in [0.2, 0.25) is 0 Å². The Morgan fingerprint density at radius 2 is 1.49 bits per heavy atom. The highest BCUT2D eigenvalue weighted by molar-refractivity contribution is 9.11. The van der Waals surface area contributed by atoms with Crippen molar-refractivity contribution in [3.05, 3.63) is 146 Å². The molecule has 35 heavy (non-hydrogen) atoms. The summed E-state index contributed by atoms with van der Waals surface area (Å²) in [5, 5.41) is 0. The van der Waals surface area contributed by atoms with Gasteiger partial charge in [-0.25, -0.2) is 0 Å². The number of aryl methyl sites for hydroxylation is 1. The largest absolute Gasteiger partial charge is 0.0979 e. The monoisotopic (exact) mass is 526 g/mol. The van der Waals surface area contributed by atoms with Crippen molar-refractivity contribution < 1.29 is 0 Å². The molecule has 0 spiro atoms. The Balaban J connectivity index is 3.04. The average Bonchev–Trinajstić information content (AvgIpc) is 2.89. The number of halogens is 1. The summed E-state index contributed by atoms with van der Waals surface area (Å²) in [6.07, 6.45) is 11.6. The van der Waals surface area contributed by atoms with Crippen LogP contribution in [0.15, 0.2) is 129 Å². The van der Waals surface area contributed by atoms with E-state index in [1.807, 2.05) is 6.08 Å². The summed E-state index contributed by atoms with van der Waals surface area (Å²) in [5.74, 6) is 0. The highest BCUT2D eigenvalue weighted by Crippen LogP contribution is 2.40. The summed E-state index contributed by atoms with van der Waals surface area (Å²) >= 11 is 3.60. The minimum absolute atomic E-state index is 0.954. The molecule has 0 aliphatic heterocycles. The Hall–Kier alpha value is -2.90. The van der Waals surface area contributed by atoms with Gasteiger partial charge in [0.25, 0.3) is 0 Å². The van der Waals surface area contributed by atoms with E-state index in [0.717, 1.165) is 10.9 Å². The molecule has 0 N–H and O–H groups in total. The van der Waals surface area contributed by atoms with Gasteiger partial charge in [0.15, 0.2) is 0 Å². The number of hydrogen-bond donors (Lipinski definition) is 0. The molecule has 0 saturated heterocycles. The second-order valence-electron chi connectivity index (χ2n) is 8.53. The van der Waals surface area contributed by atoms with Crippen LogP contribution >= 0.6 is 15.9 Å². The molecule has 0 unspecified atom stereocenters. The molecule has 0 atom stereocenters. The van der Waals surface area contributed by atoms with Crippen LogP contribution in [0.2, 0.25) is 0 Å². The Morgan fingerprint density at radius 1 is 0.857 bits per heavy atom. The van der Waals surface area contributed by atoms with Gasteiger partial charge in [0.1, 0.15) is 0 Å². The van der Waals surface area contributed by atoms with E-state index in [-0.39, 0.29) is 0 Å². The molecule has 0 saturated carbocycles. The zero-order chi connectivity index (χ0) is 26.0. The maximum absolute atomic E-state index is 3.89. The van der Waals surface area contributed by atoms with Gasteiger partial charge in [-0.05, 0) is 110 Å². The Labute approximate surface area is 222 Å². The average molecular weight is 528 g/mol. The Bertz CT molecular complexity index is 1220. The van der Waals surface area contributed by atoms with Crippen LogP contribution in [-0.2, 0) is 0 Å². The Morgan fingerprint density at radius 3 is 2.00 bits per heavy atom. The molecule has 2 rings (SSSR count). The molecular weight excluding hydrogens is 488 g/mol. The molecule has 0 fully saturated rings. The van der Waals surface area contributed by atoms with Gasteiger partial charge in [-0.15, -0.1) is 0 Å². The molecule has 0 amide bonds. The zero-order valence-corrected chi connectivity index (χ0v) is 24.0. The van der Waals surface area contributed by atoms with E-state index in [9.17, 15) is 0 Å². The maximum atomic E-state index is 3.89. The lowest BCUT2D eigenvalue weighted by Gasteiger charge is -2.24. The van der Waals surface area contributed by atoms with Crippen molar-refractivity contribution in [3.8, 4) is 0 Å². The highest BCUT2D eigenvalue weighted by Gasteiger charge is 2.21. The fraction of sp³-hybridized carbons (Fsp3) is 0.235. The van der Waals surface area contributed by atoms with Crippen LogP contribution in [0.3, 0.4) is 0 Å². The normalized spacial score (nSPS) is 15.0. The Kier molecular flexibility index (Phi) is 11.2. The molecule has 0 heterocycles. The van der Waals surface area contributed by atoms with Crippen molar-refractivity contribution in [2.24, 2.45) is 0 Å². The van der Waals surface area contributed by atoms with Crippen molar-refractivity contribution >= 4 is 21.5 Å². The van der Waals surface area contributed by atoms with Crippen molar-refractivity contribution in [3.63, 3.8) is 0 Å². The van der Waals surface area contributed by atoms with Gasteiger partial charge in [-0.2, -0.15) is 0 Å². The first-order valence-electron chi connectivity index (χ1n) is 12.4. The number of hydrogen-bond acceptors (Lipinski definition) is 0. The quantitative estimate of drug-likeness (QED) is 0.285. The standard InChI is InChI=1S/C34H39Br/c1-9-27(10-2)33(31(13-5)26(8)25(7)28(11-3)23-30(35)12-4)34(29-20-15-14-16-21-29)32-22-18-17-19-24(32)6/h9,11-23H,4,10H2,1-3,5-8H3/b26-25-,27-9-,28-11+,30-23+,31-13?,34-33+. The third-order valence-electron chi connectivity index (χ3n) is 6.53. The lowest BCUT2D eigenvalue weighted by Crippen LogP contribution is -2.05. The molecule has 2 aromatic rings. The summed E-state index contributed by atoms with van der Waals surface area (Å²) < 4.78 is 0.975. The van der Waals surface area contributed by atoms with Crippen molar-refractivity contribution in [2.45, 2.75) is 54.9 Å². The minimum Gasteiger partial charge on any atom is -0.0979 e. The summed E-state index contributed by atoms with van der Waals surface area (Å²) in [7, 11) is 0. The third kappa shape index (κ3) is 6.83. The predicted molar refractivity (Wildman–Crippen MR) is 161 cm³/mol. The van der Waals surface area contributed by atoms with Crippen LogP contribution in [0.1, 0.15) is 64.7 Å². The van der Waals surface area contributed by atoms with Gasteiger partial charge in [0.05, 0.1) is 0 Å². The molecule has 0 aromatic heterocycles. The lowest BCUT2D eigenvalue weighted by atomic mass is 9.80. The van der Waals surface area contributed by atoms with E-state index in [1.54, 1.807) is 0 Å². The van der Waals surface area contributed by atoms with Crippen LogP contribution in [0, 0.1) is 6.92 Å². The predicted octanol–water partition coefficient (Wildman–Crippen LogP) is 10.8. The second-order valence-corrected chi connectivity index (χ2v) is 9.44. The molecule has 1 heteroatoms. The first kappa shape index (κ1) is 28.3. The van der Waals surface area contributed by atoms with E-state index < -0.39 is 0 Å². The smallest absolute Gasteiger partial charge is 0.0175 e. The molecule has 0 radical (unpaired) electrons. The van der Waals surface area contributed by atoms with Crippen LogP contribution < -0.4 is 0 Å². The van der Waals surface area contributed by atoms with Gasteiger partial charge in [0, 0.05) is 4.48 Å². The summed E-state index contributed by atoms with van der Waals surface area (Å²) in [6.45, 7) is 19.2. The van der Waals surface area contributed by atoms with Crippen molar-refractivity contribution in [1.29, 1.82) is 0 Å². The third-order valence-corrected chi connectivity index (χ3v) is 7.09. The SMILES string of the molecule is C=C\C(Br)=C/C(=C\C)C(/C)=C(/C)C(=CC)C(/C(=C\C)CC)=C(\c1ccccc1)c1ccccc1C. The first-order chi connectivity index (χ1) is 16.8. The van der Waals surface area contributed by atoms with E-state index in [1.165, 1.54) is 55.7 Å². The van der Waals surface area contributed by atoms with E-state index >= 15 is 0 Å². The minimum atomic E-state index is 0.954. The first-order valence-corrected chi connectivity index (χ1v) is 13.2. The number of rotatable bonds is 9. The van der Waals surface area contributed by atoms with Crippen LogP contribution in [0.4, 0.5) is 0 Å². The number of benzene rings is 2. The molecule has 0 bridgehead atoms. The number of allylic oxidation sites excluding steroid dienone is 12. The summed E-state index contributed by atoms with van der Waals surface area (Å²) in [4.78, 5) is 0. The van der Waals surface area contributed by atoms with E-state index in [0.29, 0.717) is 0 Å². The molecule has 0 aliphatic rings. The zero-order valence-electron chi connectivity index (χ0n) is 22.4. The van der Waals surface area contributed by atoms with Crippen molar-refractivity contribution in [2.75, 3.05) is 0 Å². The van der Waals surface area contributed by atoms with Crippen LogP contribution in [0.25, 0.3) is 5.57 Å². The lowest BCUT2D eigenvalue weighted by molar-refractivity contribution is 1.09. The van der Waals surface area contributed by atoms with Crippen molar-refractivity contribution in [1.82, 2.24) is 0 Å². The van der Waals surface area contributed by atoms with Gasteiger partial charge >= 0.3 is 0 Å². The second kappa shape index (κ2) is 13.9. The highest BCUT2D eigenvalue weighted by atomic mass is 79.9. The molecule has 0 aliphatic carbocycles. The maximum Gasteiger partial charge on any atom is 0.0175 e. The van der Waals surface area contributed by atoms with E-state index in [4.69, 9.17) is 0 Å². The fourth-order valence-corrected chi connectivity index (χ4v) is 4.72. The van der Waals surface area contributed by atoms with Gasteiger partial charge < -0.3 is 0 Å². The molecular formula is C34H39Br. The fourth-order valence-electron chi connectivity index (χ4n) is 4.47. The van der Waals surface area contributed by atoms with Crippen LogP contribution in [-0.4, -0.2) is 0 Å². The van der Waals surface area contributed by atoms with Gasteiger partial charge in [-0.1, -0.05) is 108 Å². The summed E-state index contributed by atoms with van der Waals surface area (Å²) in [5.41, 5.74) is 12.7. The van der Waals surface area contributed by atoms with E-state index in [2.05, 4.69) is 150 Å². The molecule has 182 valence electrons. The topological polar surface area (TPSA) is 0 Å². The molecule has 2 aromatic carbocycles. The molecule has 0 nitrogen and oxygen atoms in total. The van der Waals surface area contributed by atoms with Crippen LogP contribution in [0.5, 0.6) is 0 Å². The summed E-state index contributed by atoms with van der Waals surface area (Å²) in [6, 6.07) is 19.5. The van der Waals surface area contributed by atoms with Gasteiger partial charge in [-0.3, -0.25) is 0 Å².